The van der Waals surface area contributed by atoms with E-state index < -0.39 is 6.09 Å². The number of phenolic OH excluding ortho intramolecular Hbond substituents is 1. The summed E-state index contributed by atoms with van der Waals surface area (Å²) in [5.74, 6) is 1.07. The second kappa shape index (κ2) is 7.02. The van der Waals surface area contributed by atoms with Gasteiger partial charge in [-0.2, -0.15) is 0 Å². The summed E-state index contributed by atoms with van der Waals surface area (Å²) in [5, 5.41) is 21.8. The Balaban J connectivity index is 2.43. The molecule has 2 rings (SSSR count). The van der Waals surface area contributed by atoms with Crippen molar-refractivity contribution in [3.8, 4) is 17.0 Å². The lowest BCUT2D eigenvalue weighted by atomic mass is 9.78. The predicted molar refractivity (Wildman–Crippen MR) is 103 cm³/mol. The highest BCUT2D eigenvalue weighted by Crippen LogP contribution is 2.41. The first-order valence-electron chi connectivity index (χ1n) is 8.78. The molecule has 0 atom stereocenters. The molecule has 0 spiro atoms. The molecule has 0 saturated carbocycles. The van der Waals surface area contributed by atoms with Crippen LogP contribution < -0.4 is 5.32 Å². The van der Waals surface area contributed by atoms with Crippen molar-refractivity contribution in [2.24, 2.45) is 0 Å². The van der Waals surface area contributed by atoms with Crippen LogP contribution in [0.5, 0.6) is 5.75 Å². The van der Waals surface area contributed by atoms with E-state index in [9.17, 15) is 9.90 Å². The first-order chi connectivity index (χ1) is 11.9. The monoisotopic (exact) mass is 359 g/mol. The highest BCUT2D eigenvalue weighted by molar-refractivity contribution is 5.66. The maximum absolute atomic E-state index is 10.8. The number of rotatable bonds is 4. The summed E-state index contributed by atoms with van der Waals surface area (Å²) in [6.07, 6.45) is 1.20. The fraction of sp³-hybridized carbons (Fsp3) is 0.500. The van der Waals surface area contributed by atoms with Crippen LogP contribution in [0.25, 0.3) is 11.3 Å². The fourth-order valence-corrected chi connectivity index (χ4v) is 2.86. The van der Waals surface area contributed by atoms with Crippen molar-refractivity contribution in [2.45, 2.75) is 58.8 Å². The number of carbonyl (C=O) groups is 1. The van der Waals surface area contributed by atoms with Gasteiger partial charge in [-0.25, -0.2) is 9.78 Å². The molecule has 26 heavy (non-hydrogen) atoms. The van der Waals surface area contributed by atoms with Gasteiger partial charge in [-0.05, 0) is 23.0 Å². The van der Waals surface area contributed by atoms with E-state index >= 15 is 0 Å². The molecular weight excluding hydrogens is 330 g/mol. The normalized spacial score (nSPS) is 12.2. The largest absolute Gasteiger partial charge is 0.507 e. The van der Waals surface area contributed by atoms with Crippen LogP contribution in [0.4, 0.5) is 4.79 Å². The van der Waals surface area contributed by atoms with Gasteiger partial charge in [-0.3, -0.25) is 0 Å². The summed E-state index contributed by atoms with van der Waals surface area (Å²) in [6.45, 7) is 12.8. The zero-order valence-electron chi connectivity index (χ0n) is 16.4. The molecule has 0 aliphatic heterocycles. The zero-order valence-corrected chi connectivity index (χ0v) is 16.4. The number of aromatic hydroxyl groups is 1. The lowest BCUT2D eigenvalue weighted by molar-refractivity contribution is 0.194. The molecule has 1 heterocycles. The van der Waals surface area contributed by atoms with Crippen molar-refractivity contribution in [2.75, 3.05) is 6.54 Å². The summed E-state index contributed by atoms with van der Waals surface area (Å²) >= 11 is 0. The van der Waals surface area contributed by atoms with Crippen LogP contribution in [-0.4, -0.2) is 32.8 Å². The Bertz CT molecular complexity index is 760. The number of hydrogen-bond acceptors (Lipinski definition) is 3. The molecule has 0 radical (unpaired) electrons. The number of phenols is 1. The van der Waals surface area contributed by atoms with Crippen molar-refractivity contribution in [1.29, 1.82) is 0 Å². The zero-order chi connectivity index (χ0) is 19.7. The summed E-state index contributed by atoms with van der Waals surface area (Å²) in [5.41, 5.74) is 3.20. The number of aromatic nitrogens is 2. The Kier molecular flexibility index (Phi) is 5.35. The van der Waals surface area contributed by atoms with Crippen LogP contribution in [0, 0.1) is 0 Å². The number of H-pyrrole nitrogens is 1. The summed E-state index contributed by atoms with van der Waals surface area (Å²) < 4.78 is 0. The first kappa shape index (κ1) is 19.8. The molecule has 6 nitrogen and oxygen atoms in total. The van der Waals surface area contributed by atoms with Crippen LogP contribution in [-0.2, 0) is 17.3 Å². The summed E-state index contributed by atoms with van der Waals surface area (Å²) in [4.78, 5) is 18.1. The topological polar surface area (TPSA) is 98.2 Å². The number of aromatic amines is 1. The second-order valence-electron chi connectivity index (χ2n) is 8.65. The van der Waals surface area contributed by atoms with Crippen molar-refractivity contribution in [1.82, 2.24) is 15.3 Å². The highest BCUT2D eigenvalue weighted by atomic mass is 16.4. The van der Waals surface area contributed by atoms with E-state index in [-0.39, 0.29) is 10.8 Å². The Hall–Kier alpha value is -2.50. The van der Waals surface area contributed by atoms with E-state index in [2.05, 4.69) is 56.8 Å². The van der Waals surface area contributed by atoms with E-state index in [0.717, 1.165) is 28.2 Å². The van der Waals surface area contributed by atoms with Gasteiger partial charge >= 0.3 is 6.09 Å². The van der Waals surface area contributed by atoms with Crippen LogP contribution in [0.15, 0.2) is 18.3 Å². The third kappa shape index (κ3) is 4.56. The molecule has 0 bridgehead atoms. The predicted octanol–water partition coefficient (Wildman–Crippen LogP) is 4.19. The third-order valence-corrected chi connectivity index (χ3v) is 4.30. The molecule has 1 aromatic carbocycles. The minimum absolute atomic E-state index is 0.200. The molecule has 0 fully saturated rings. The lowest BCUT2D eigenvalue weighted by Gasteiger charge is -2.28. The molecule has 6 heteroatoms. The number of benzene rings is 1. The minimum Gasteiger partial charge on any atom is -0.507 e. The number of hydrogen-bond donors (Lipinski definition) is 4. The second-order valence-corrected chi connectivity index (χ2v) is 8.65. The van der Waals surface area contributed by atoms with E-state index in [1.54, 1.807) is 6.20 Å². The van der Waals surface area contributed by atoms with Crippen molar-refractivity contribution in [3.63, 3.8) is 0 Å². The maximum atomic E-state index is 10.8. The van der Waals surface area contributed by atoms with Gasteiger partial charge in [0, 0.05) is 29.7 Å². The Morgan fingerprint density at radius 3 is 2.12 bits per heavy atom. The molecule has 1 aromatic heterocycles. The van der Waals surface area contributed by atoms with Crippen molar-refractivity contribution in [3.05, 3.63) is 35.3 Å². The smallest absolute Gasteiger partial charge is 0.404 e. The molecular formula is C20H29N3O3. The fourth-order valence-electron chi connectivity index (χ4n) is 2.86. The molecule has 0 unspecified atom stereocenters. The van der Waals surface area contributed by atoms with Crippen LogP contribution in [0.1, 0.15) is 58.5 Å². The van der Waals surface area contributed by atoms with Crippen LogP contribution >= 0.6 is 0 Å². The molecule has 0 saturated heterocycles. The Labute approximate surface area is 154 Å². The van der Waals surface area contributed by atoms with Crippen LogP contribution in [0.2, 0.25) is 0 Å². The van der Waals surface area contributed by atoms with E-state index in [0.29, 0.717) is 18.7 Å². The molecule has 2 aromatic rings. The van der Waals surface area contributed by atoms with Crippen LogP contribution in [0.3, 0.4) is 0 Å². The van der Waals surface area contributed by atoms with Gasteiger partial charge in [0.2, 0.25) is 0 Å². The van der Waals surface area contributed by atoms with Gasteiger partial charge in [0.15, 0.2) is 0 Å². The van der Waals surface area contributed by atoms with Gasteiger partial charge in [0.25, 0.3) is 0 Å². The van der Waals surface area contributed by atoms with Crippen molar-refractivity contribution >= 4 is 6.09 Å². The average molecular weight is 359 g/mol. The van der Waals surface area contributed by atoms with Gasteiger partial charge in [-0.1, -0.05) is 41.5 Å². The third-order valence-electron chi connectivity index (χ3n) is 4.30. The number of imidazole rings is 1. The number of nitrogens with one attached hydrogen (secondary N) is 2. The van der Waals surface area contributed by atoms with E-state index in [1.165, 1.54) is 0 Å². The number of carboxylic acid groups (broad SMARTS) is 1. The van der Waals surface area contributed by atoms with E-state index in [1.807, 2.05) is 12.1 Å². The molecule has 142 valence electrons. The quantitative estimate of drug-likeness (QED) is 0.658. The van der Waals surface area contributed by atoms with Gasteiger partial charge in [0.1, 0.15) is 11.6 Å². The summed E-state index contributed by atoms with van der Waals surface area (Å²) in [7, 11) is 0. The molecule has 1 amide bonds. The van der Waals surface area contributed by atoms with Crippen molar-refractivity contribution < 1.29 is 15.0 Å². The summed E-state index contributed by atoms with van der Waals surface area (Å²) in [6, 6.07) is 3.99. The van der Waals surface area contributed by atoms with Gasteiger partial charge < -0.3 is 20.5 Å². The van der Waals surface area contributed by atoms with E-state index in [4.69, 9.17) is 5.11 Å². The molecule has 0 aliphatic carbocycles. The standard InChI is InChI=1S/C20H29N3O3/c1-19(2,3)13-9-12(10-14(17(13)24)20(4,5)6)15-11-22-16(23-15)7-8-21-18(25)26/h9-11,21,24H,7-8H2,1-6H3,(H,22,23)(H,25,26). The SMILES string of the molecule is CC(C)(C)c1cc(-c2cnc(CCNC(=O)O)[nH]2)cc(C(C)(C)C)c1O. The van der Waals surface area contributed by atoms with Gasteiger partial charge in [0.05, 0.1) is 11.9 Å². The van der Waals surface area contributed by atoms with Gasteiger partial charge in [-0.15, -0.1) is 0 Å². The average Bonchev–Trinajstić information content (AvgIpc) is 2.93. The maximum Gasteiger partial charge on any atom is 0.404 e. The molecule has 4 N–H and O–H groups in total. The first-order valence-corrected chi connectivity index (χ1v) is 8.78. The Morgan fingerprint density at radius 2 is 1.65 bits per heavy atom. The highest BCUT2D eigenvalue weighted by Gasteiger charge is 2.27. The molecule has 0 aliphatic rings. The number of nitrogens with zero attached hydrogens (tertiary/aromatic N) is 1. The Morgan fingerprint density at radius 1 is 1.12 bits per heavy atom. The lowest BCUT2D eigenvalue weighted by Crippen LogP contribution is -2.23. The number of amides is 1. The minimum atomic E-state index is -1.04.